The molecule has 2 aliphatic rings. The topological polar surface area (TPSA) is 80.5 Å². The highest BCUT2D eigenvalue weighted by atomic mass is 19.1. The van der Waals surface area contributed by atoms with Crippen molar-refractivity contribution in [3.63, 3.8) is 0 Å². The molecule has 0 radical (unpaired) electrons. The predicted octanol–water partition coefficient (Wildman–Crippen LogP) is 2.14. The molecule has 0 saturated carbocycles. The van der Waals surface area contributed by atoms with Gasteiger partial charge in [-0.1, -0.05) is 0 Å². The fourth-order valence-electron chi connectivity index (χ4n) is 4.24. The Kier molecular flexibility index (Phi) is 3.17. The third kappa shape index (κ3) is 2.26. The van der Waals surface area contributed by atoms with Gasteiger partial charge in [0.05, 0.1) is 31.4 Å². The van der Waals surface area contributed by atoms with Crippen molar-refractivity contribution in [1.29, 1.82) is 0 Å². The molecule has 128 valence electrons. The SMILES string of the molecule is NC1CC[N+]2(CCc3cnc(-c4c[nH]c5ncc(F)cc45)nc32)CC1. The maximum Gasteiger partial charge on any atom is 0.234 e. The summed E-state index contributed by atoms with van der Waals surface area (Å²) in [7, 11) is 0. The summed E-state index contributed by atoms with van der Waals surface area (Å²) in [4.78, 5) is 16.6. The number of pyridine rings is 1. The minimum Gasteiger partial charge on any atom is -0.345 e. The van der Waals surface area contributed by atoms with Gasteiger partial charge in [0.25, 0.3) is 0 Å². The van der Waals surface area contributed by atoms with E-state index in [0.29, 0.717) is 22.9 Å². The number of hydrogen-bond acceptors (Lipinski definition) is 4. The van der Waals surface area contributed by atoms with Crippen molar-refractivity contribution in [2.75, 3.05) is 19.6 Å². The predicted molar refractivity (Wildman–Crippen MR) is 94.4 cm³/mol. The smallest absolute Gasteiger partial charge is 0.234 e. The third-order valence-corrected chi connectivity index (χ3v) is 5.69. The highest BCUT2D eigenvalue weighted by molar-refractivity contribution is 5.91. The molecule has 0 atom stereocenters. The minimum atomic E-state index is -0.358. The van der Waals surface area contributed by atoms with Crippen LogP contribution in [-0.4, -0.2) is 45.6 Å². The molecule has 0 bridgehead atoms. The zero-order valence-electron chi connectivity index (χ0n) is 13.9. The molecule has 0 amide bonds. The van der Waals surface area contributed by atoms with Crippen molar-refractivity contribution < 1.29 is 4.39 Å². The maximum atomic E-state index is 13.6. The van der Waals surface area contributed by atoms with Crippen molar-refractivity contribution in [2.45, 2.75) is 25.3 Å². The van der Waals surface area contributed by atoms with Gasteiger partial charge in [-0.25, -0.2) is 14.4 Å². The summed E-state index contributed by atoms with van der Waals surface area (Å²) in [6, 6.07) is 1.78. The van der Waals surface area contributed by atoms with Gasteiger partial charge in [-0.3, -0.25) is 4.48 Å². The summed E-state index contributed by atoms with van der Waals surface area (Å²) in [6.45, 7) is 3.15. The number of nitrogens with two attached hydrogens (primary N) is 1. The van der Waals surface area contributed by atoms with E-state index < -0.39 is 0 Å². The average Bonchev–Trinajstić information content (AvgIpc) is 3.19. The van der Waals surface area contributed by atoms with Gasteiger partial charge in [-0.15, -0.1) is 0 Å². The van der Waals surface area contributed by atoms with Crippen LogP contribution in [0.3, 0.4) is 0 Å². The fraction of sp³-hybridized carbons (Fsp3) is 0.389. The number of quaternary nitrogens is 1. The second-order valence-electron chi connectivity index (χ2n) is 7.20. The Morgan fingerprint density at radius 3 is 2.84 bits per heavy atom. The van der Waals surface area contributed by atoms with E-state index in [2.05, 4.69) is 15.0 Å². The van der Waals surface area contributed by atoms with E-state index in [1.807, 2.05) is 12.4 Å². The molecule has 7 heteroatoms. The van der Waals surface area contributed by atoms with Crippen LogP contribution in [0.2, 0.25) is 0 Å². The van der Waals surface area contributed by atoms with Gasteiger partial charge in [-0.05, 0) is 6.07 Å². The summed E-state index contributed by atoms with van der Waals surface area (Å²) in [5.41, 5.74) is 8.77. The van der Waals surface area contributed by atoms with Crippen molar-refractivity contribution in [3.8, 4) is 11.4 Å². The largest absolute Gasteiger partial charge is 0.345 e. The Labute approximate surface area is 144 Å². The molecule has 5 rings (SSSR count). The van der Waals surface area contributed by atoms with Crippen molar-refractivity contribution >= 4 is 16.9 Å². The summed E-state index contributed by atoms with van der Waals surface area (Å²) >= 11 is 0. The lowest BCUT2D eigenvalue weighted by atomic mass is 10.0. The van der Waals surface area contributed by atoms with Crippen LogP contribution < -0.4 is 10.2 Å². The molecule has 6 nitrogen and oxygen atoms in total. The molecule has 2 aliphatic heterocycles. The van der Waals surface area contributed by atoms with Gasteiger partial charge in [0.15, 0.2) is 5.82 Å². The van der Waals surface area contributed by atoms with Gasteiger partial charge in [0.2, 0.25) is 5.82 Å². The number of rotatable bonds is 1. The first-order valence-electron chi connectivity index (χ1n) is 8.76. The van der Waals surface area contributed by atoms with E-state index in [9.17, 15) is 4.39 Å². The first kappa shape index (κ1) is 14.9. The van der Waals surface area contributed by atoms with Crippen LogP contribution in [0.1, 0.15) is 18.4 Å². The second kappa shape index (κ2) is 5.31. The molecule has 3 aromatic heterocycles. The third-order valence-electron chi connectivity index (χ3n) is 5.69. The quantitative estimate of drug-likeness (QED) is 0.666. The summed E-state index contributed by atoms with van der Waals surface area (Å²) < 4.78 is 14.5. The summed E-state index contributed by atoms with van der Waals surface area (Å²) in [6.07, 6.45) is 8.02. The highest BCUT2D eigenvalue weighted by Crippen LogP contribution is 2.37. The van der Waals surface area contributed by atoms with Gasteiger partial charge in [0.1, 0.15) is 11.5 Å². The first-order chi connectivity index (χ1) is 12.1. The maximum absolute atomic E-state index is 13.6. The summed E-state index contributed by atoms with van der Waals surface area (Å²) in [5, 5.41) is 0.713. The highest BCUT2D eigenvalue weighted by Gasteiger charge is 2.42. The number of nitrogens with zero attached hydrogens (tertiary/aromatic N) is 4. The Hall–Kier alpha value is -2.38. The molecular weight excluding hydrogens is 319 g/mol. The number of fused-ring (bicyclic) bond motifs is 3. The molecule has 1 fully saturated rings. The van der Waals surface area contributed by atoms with Crippen LogP contribution in [0.5, 0.6) is 0 Å². The van der Waals surface area contributed by atoms with Crippen LogP contribution in [0.15, 0.2) is 24.7 Å². The first-order valence-corrected chi connectivity index (χ1v) is 8.76. The number of piperidine rings is 1. The van der Waals surface area contributed by atoms with Crippen molar-refractivity contribution in [2.24, 2.45) is 5.73 Å². The lowest BCUT2D eigenvalue weighted by Crippen LogP contribution is -2.55. The lowest BCUT2D eigenvalue weighted by Gasteiger charge is -2.38. The molecule has 1 spiro atoms. The Balaban J connectivity index is 1.61. The molecule has 0 aliphatic carbocycles. The minimum absolute atomic E-state index is 0.303. The average molecular weight is 339 g/mol. The number of aromatic nitrogens is 4. The fourth-order valence-corrected chi connectivity index (χ4v) is 4.24. The van der Waals surface area contributed by atoms with E-state index in [1.165, 1.54) is 17.8 Å². The molecule has 1 saturated heterocycles. The number of aromatic amines is 1. The molecule has 25 heavy (non-hydrogen) atoms. The van der Waals surface area contributed by atoms with Gasteiger partial charge < -0.3 is 10.7 Å². The normalized spacial score (nSPS) is 25.6. The van der Waals surface area contributed by atoms with Crippen LogP contribution >= 0.6 is 0 Å². The molecule has 0 aromatic carbocycles. The van der Waals surface area contributed by atoms with Crippen LogP contribution in [0.25, 0.3) is 22.4 Å². The van der Waals surface area contributed by atoms with E-state index in [0.717, 1.165) is 54.8 Å². The van der Waals surface area contributed by atoms with E-state index in [-0.39, 0.29) is 5.82 Å². The Morgan fingerprint density at radius 2 is 2.00 bits per heavy atom. The van der Waals surface area contributed by atoms with Crippen LogP contribution in [0, 0.1) is 5.82 Å². The Morgan fingerprint density at radius 1 is 1.16 bits per heavy atom. The zero-order chi connectivity index (χ0) is 17.0. The monoisotopic (exact) mass is 339 g/mol. The van der Waals surface area contributed by atoms with E-state index >= 15 is 0 Å². The summed E-state index contributed by atoms with van der Waals surface area (Å²) in [5.74, 6) is 1.39. The number of halogens is 1. The Bertz CT molecular complexity index is 957. The second-order valence-corrected chi connectivity index (χ2v) is 7.20. The molecule has 3 aromatic rings. The molecule has 3 N–H and O–H groups in total. The van der Waals surface area contributed by atoms with Gasteiger partial charge in [-0.2, -0.15) is 4.98 Å². The van der Waals surface area contributed by atoms with E-state index in [1.54, 1.807) is 0 Å². The molecule has 0 unspecified atom stereocenters. The van der Waals surface area contributed by atoms with Gasteiger partial charge in [0, 0.05) is 48.6 Å². The van der Waals surface area contributed by atoms with Crippen LogP contribution in [0.4, 0.5) is 10.2 Å². The standard InChI is InChI=1S/C18H20FN6/c19-12-7-14-15(10-23-16(14)22-9-12)17-21-8-11-1-4-25(18(11)24-17)5-2-13(20)3-6-25/h7-10,13H,1-6,20H2,(H,22,23)/q+1. The van der Waals surface area contributed by atoms with Gasteiger partial charge >= 0.3 is 0 Å². The number of hydrogen-bond donors (Lipinski definition) is 2. The molecular formula is C18H20FN6+. The molecule has 5 heterocycles. The van der Waals surface area contributed by atoms with E-state index in [4.69, 9.17) is 10.7 Å². The zero-order valence-corrected chi connectivity index (χ0v) is 13.9. The number of nitrogens with one attached hydrogen (secondary N) is 1. The number of H-pyrrole nitrogens is 1. The van der Waals surface area contributed by atoms with Crippen molar-refractivity contribution in [3.05, 3.63) is 36.0 Å². The van der Waals surface area contributed by atoms with Crippen molar-refractivity contribution in [1.82, 2.24) is 24.4 Å². The van der Waals surface area contributed by atoms with Crippen LogP contribution in [-0.2, 0) is 6.42 Å². The lowest BCUT2D eigenvalue weighted by molar-refractivity contribution is 0.225.